The fraction of sp³-hybridized carbons (Fsp3) is 0.318. The molecule has 2 heterocycles. The smallest absolute Gasteiger partial charge is 0.243 e. The maximum absolute atomic E-state index is 13.1. The van der Waals surface area contributed by atoms with E-state index in [0.29, 0.717) is 54.1 Å². The Hall–Kier alpha value is -2.04. The average molecular weight is 528 g/mol. The largest absolute Gasteiger partial charge is 0.493 e. The van der Waals surface area contributed by atoms with Crippen LogP contribution in [0.2, 0.25) is 10.0 Å². The minimum absolute atomic E-state index is 0.187. The molecular weight excluding hydrogens is 505 g/mol. The fourth-order valence-electron chi connectivity index (χ4n) is 3.63. The van der Waals surface area contributed by atoms with E-state index in [1.807, 2.05) is 17.5 Å². The van der Waals surface area contributed by atoms with E-state index in [-0.39, 0.29) is 4.90 Å². The van der Waals surface area contributed by atoms with Gasteiger partial charge in [-0.05, 0) is 29.8 Å². The van der Waals surface area contributed by atoms with Gasteiger partial charge in [-0.15, -0.1) is 11.3 Å². The van der Waals surface area contributed by atoms with Crippen molar-refractivity contribution in [1.29, 1.82) is 0 Å². The second-order valence-electron chi connectivity index (χ2n) is 7.45. The first-order chi connectivity index (χ1) is 15.8. The zero-order chi connectivity index (χ0) is 23.6. The van der Waals surface area contributed by atoms with Gasteiger partial charge in [0, 0.05) is 44.0 Å². The summed E-state index contributed by atoms with van der Waals surface area (Å²) in [6.45, 7) is 1.87. The van der Waals surface area contributed by atoms with Crippen molar-refractivity contribution in [2.24, 2.45) is 0 Å². The first-order valence-electron chi connectivity index (χ1n) is 10.2. The molecule has 0 atom stereocenters. The monoisotopic (exact) mass is 527 g/mol. The molecule has 33 heavy (non-hydrogen) atoms. The first kappa shape index (κ1) is 24.1. The molecule has 1 aromatic heterocycles. The summed E-state index contributed by atoms with van der Waals surface area (Å²) in [6, 6.07) is 10.2. The summed E-state index contributed by atoms with van der Waals surface area (Å²) in [5, 5.41) is 3.95. The first-order valence-corrected chi connectivity index (χ1v) is 13.2. The van der Waals surface area contributed by atoms with Crippen LogP contribution in [0.15, 0.2) is 46.7 Å². The maximum Gasteiger partial charge on any atom is 0.243 e. The van der Waals surface area contributed by atoms with Gasteiger partial charge >= 0.3 is 0 Å². The quantitative estimate of drug-likeness (QED) is 0.448. The van der Waals surface area contributed by atoms with Crippen molar-refractivity contribution in [3.8, 4) is 11.5 Å². The molecule has 0 amide bonds. The highest BCUT2D eigenvalue weighted by atomic mass is 35.5. The van der Waals surface area contributed by atoms with Crippen LogP contribution in [0.5, 0.6) is 11.5 Å². The number of ether oxygens (including phenoxy) is 2. The van der Waals surface area contributed by atoms with Crippen LogP contribution >= 0.6 is 34.5 Å². The van der Waals surface area contributed by atoms with E-state index in [2.05, 4.69) is 4.90 Å². The Kier molecular flexibility index (Phi) is 7.35. The number of thiazole rings is 1. The van der Waals surface area contributed by atoms with Gasteiger partial charge in [0.2, 0.25) is 10.0 Å². The Morgan fingerprint density at radius 1 is 0.970 bits per heavy atom. The number of anilines is 1. The molecule has 0 saturated carbocycles. The van der Waals surface area contributed by atoms with Crippen LogP contribution in [-0.2, 0) is 16.4 Å². The number of hydrogen-bond acceptors (Lipinski definition) is 7. The number of benzene rings is 2. The molecular formula is C22H23Cl2N3O4S2. The second-order valence-corrected chi connectivity index (χ2v) is 11.0. The molecule has 7 nitrogen and oxygen atoms in total. The van der Waals surface area contributed by atoms with Crippen molar-refractivity contribution < 1.29 is 17.9 Å². The number of aromatic nitrogens is 1. The highest BCUT2D eigenvalue weighted by Gasteiger charge is 2.30. The van der Waals surface area contributed by atoms with Crippen LogP contribution in [0.3, 0.4) is 0 Å². The topological polar surface area (TPSA) is 72.0 Å². The fourth-order valence-corrected chi connectivity index (χ4v) is 6.27. The van der Waals surface area contributed by atoms with Gasteiger partial charge in [-0.25, -0.2) is 13.4 Å². The summed E-state index contributed by atoms with van der Waals surface area (Å²) < 4.78 is 38.2. The lowest BCUT2D eigenvalue weighted by molar-refractivity contribution is 0.353. The number of methoxy groups -OCH3 is 2. The predicted octanol–water partition coefficient (Wildman–Crippen LogP) is 4.57. The minimum Gasteiger partial charge on any atom is -0.493 e. The standard InChI is InChI=1S/C22H23Cl2N3O4S2/c1-30-20-6-4-17(13-21(20)31-2)33(28,29)27-9-7-26(8-10-27)22-25-16(14-32-22)11-15-3-5-18(23)19(24)12-15/h3-6,12-14H,7-11H2,1-2H3. The number of halogens is 2. The lowest BCUT2D eigenvalue weighted by Gasteiger charge is -2.33. The molecule has 0 spiro atoms. The van der Waals surface area contributed by atoms with Crippen LogP contribution in [0, 0.1) is 0 Å². The van der Waals surface area contributed by atoms with E-state index < -0.39 is 10.0 Å². The summed E-state index contributed by atoms with van der Waals surface area (Å²) in [7, 11) is -0.641. The highest BCUT2D eigenvalue weighted by molar-refractivity contribution is 7.89. The Morgan fingerprint density at radius 3 is 2.36 bits per heavy atom. The third-order valence-electron chi connectivity index (χ3n) is 5.41. The second kappa shape index (κ2) is 10.1. The highest BCUT2D eigenvalue weighted by Crippen LogP contribution is 2.32. The summed E-state index contributed by atoms with van der Waals surface area (Å²) in [5.74, 6) is 0.871. The van der Waals surface area contributed by atoms with Gasteiger partial charge in [0.05, 0.1) is 34.9 Å². The molecule has 4 rings (SSSR count). The zero-order valence-corrected chi connectivity index (χ0v) is 21.3. The molecule has 1 aliphatic heterocycles. The number of piperazine rings is 1. The molecule has 1 saturated heterocycles. The molecule has 2 aromatic carbocycles. The van der Waals surface area contributed by atoms with Crippen LogP contribution in [-0.4, -0.2) is 58.1 Å². The van der Waals surface area contributed by atoms with Gasteiger partial charge in [0.25, 0.3) is 0 Å². The van der Waals surface area contributed by atoms with Gasteiger partial charge in [-0.2, -0.15) is 4.31 Å². The van der Waals surface area contributed by atoms with Crippen molar-refractivity contribution >= 4 is 49.7 Å². The summed E-state index contributed by atoms with van der Waals surface area (Å²) in [4.78, 5) is 7.04. The number of nitrogens with zero attached hydrogens (tertiary/aromatic N) is 3. The van der Waals surface area contributed by atoms with Crippen molar-refractivity contribution in [1.82, 2.24) is 9.29 Å². The van der Waals surface area contributed by atoms with Gasteiger partial charge in [0.1, 0.15) is 0 Å². The lowest BCUT2D eigenvalue weighted by atomic mass is 10.1. The van der Waals surface area contributed by atoms with E-state index in [1.165, 1.54) is 24.6 Å². The number of hydrogen-bond donors (Lipinski definition) is 0. The van der Waals surface area contributed by atoms with Gasteiger partial charge in [0.15, 0.2) is 16.6 Å². The van der Waals surface area contributed by atoms with Crippen molar-refractivity contribution in [2.75, 3.05) is 45.3 Å². The molecule has 11 heteroatoms. The molecule has 0 N–H and O–H groups in total. The van der Waals surface area contributed by atoms with Gasteiger partial charge in [-0.3, -0.25) is 0 Å². The molecule has 176 valence electrons. The maximum atomic E-state index is 13.1. The summed E-state index contributed by atoms with van der Waals surface area (Å²) >= 11 is 13.7. The average Bonchev–Trinajstić information content (AvgIpc) is 3.29. The lowest BCUT2D eigenvalue weighted by Crippen LogP contribution is -2.48. The molecule has 0 bridgehead atoms. The van der Waals surface area contributed by atoms with Gasteiger partial charge in [-0.1, -0.05) is 29.3 Å². The van der Waals surface area contributed by atoms with Crippen molar-refractivity contribution in [3.63, 3.8) is 0 Å². The van der Waals surface area contributed by atoms with Crippen LogP contribution < -0.4 is 14.4 Å². The van der Waals surface area contributed by atoms with Crippen LogP contribution in [0.1, 0.15) is 11.3 Å². The van der Waals surface area contributed by atoms with E-state index in [9.17, 15) is 8.42 Å². The normalized spacial score (nSPS) is 15.0. The van der Waals surface area contributed by atoms with E-state index >= 15 is 0 Å². The molecule has 1 aliphatic rings. The predicted molar refractivity (Wildman–Crippen MR) is 132 cm³/mol. The molecule has 3 aromatic rings. The number of rotatable bonds is 7. The molecule has 1 fully saturated rings. The Balaban J connectivity index is 1.41. The Morgan fingerprint density at radius 2 is 1.70 bits per heavy atom. The Labute approximate surface area is 207 Å². The minimum atomic E-state index is -3.64. The van der Waals surface area contributed by atoms with Crippen LogP contribution in [0.4, 0.5) is 5.13 Å². The molecule has 0 radical (unpaired) electrons. The zero-order valence-electron chi connectivity index (χ0n) is 18.1. The summed E-state index contributed by atoms with van der Waals surface area (Å²) in [5.41, 5.74) is 1.97. The van der Waals surface area contributed by atoms with E-state index in [4.69, 9.17) is 37.7 Å². The third kappa shape index (κ3) is 5.22. The number of sulfonamides is 1. The van der Waals surface area contributed by atoms with E-state index in [0.717, 1.165) is 16.4 Å². The molecule has 0 unspecified atom stereocenters. The Bertz CT molecular complexity index is 1240. The van der Waals surface area contributed by atoms with Gasteiger partial charge < -0.3 is 14.4 Å². The SMILES string of the molecule is COc1ccc(S(=O)(=O)N2CCN(c3nc(Cc4ccc(Cl)c(Cl)c4)cs3)CC2)cc1OC. The summed E-state index contributed by atoms with van der Waals surface area (Å²) in [6.07, 6.45) is 0.654. The van der Waals surface area contributed by atoms with Crippen molar-refractivity contribution in [3.05, 3.63) is 63.1 Å². The molecule has 0 aliphatic carbocycles. The van der Waals surface area contributed by atoms with Crippen LogP contribution in [0.25, 0.3) is 0 Å². The third-order valence-corrected chi connectivity index (χ3v) is 8.99. The van der Waals surface area contributed by atoms with Crippen molar-refractivity contribution in [2.45, 2.75) is 11.3 Å². The van der Waals surface area contributed by atoms with E-state index in [1.54, 1.807) is 29.5 Å².